The van der Waals surface area contributed by atoms with E-state index in [0.29, 0.717) is 11.5 Å². The lowest BCUT2D eigenvalue weighted by molar-refractivity contribution is 0.0772. The Morgan fingerprint density at radius 3 is 2.73 bits per heavy atom. The van der Waals surface area contributed by atoms with E-state index in [0.717, 1.165) is 37.5 Å². The molecule has 6 nitrogen and oxygen atoms in total. The second-order valence-electron chi connectivity index (χ2n) is 10.4. The number of rotatable bonds is 4. The van der Waals surface area contributed by atoms with Gasteiger partial charge in [-0.05, 0) is 55.9 Å². The van der Waals surface area contributed by atoms with Crippen molar-refractivity contribution in [2.24, 2.45) is 5.92 Å². The SMILES string of the molecule is COc1cccc(C23CC2CN(C(=O)c2cnn4c2N[C@@H](c2ccccc2)CC4(C)C)C3)c1. The van der Waals surface area contributed by atoms with Crippen molar-refractivity contribution >= 4 is 11.7 Å². The third-order valence-electron chi connectivity index (χ3n) is 7.87. The second kappa shape index (κ2) is 7.11. The molecular weight excluding hydrogens is 412 g/mol. The predicted octanol–water partition coefficient (Wildman–Crippen LogP) is 4.60. The fourth-order valence-corrected chi connectivity index (χ4v) is 5.98. The summed E-state index contributed by atoms with van der Waals surface area (Å²) in [5, 5.41) is 8.29. The molecule has 1 N–H and O–H groups in total. The Morgan fingerprint density at radius 2 is 1.94 bits per heavy atom. The molecule has 1 aromatic heterocycles. The number of benzene rings is 2. The average molecular weight is 443 g/mol. The molecule has 3 aromatic rings. The van der Waals surface area contributed by atoms with E-state index in [9.17, 15) is 4.79 Å². The summed E-state index contributed by atoms with van der Waals surface area (Å²) in [6, 6.07) is 18.9. The summed E-state index contributed by atoms with van der Waals surface area (Å²) in [7, 11) is 1.70. The molecule has 1 saturated heterocycles. The van der Waals surface area contributed by atoms with Gasteiger partial charge in [0, 0.05) is 18.5 Å². The maximum atomic E-state index is 13.7. The number of nitrogens with zero attached hydrogens (tertiary/aromatic N) is 3. The predicted molar refractivity (Wildman–Crippen MR) is 128 cm³/mol. The van der Waals surface area contributed by atoms with Crippen molar-refractivity contribution in [3.05, 3.63) is 77.5 Å². The molecule has 1 amide bonds. The zero-order valence-corrected chi connectivity index (χ0v) is 19.4. The van der Waals surface area contributed by atoms with Crippen LogP contribution in [0.3, 0.4) is 0 Å². The summed E-state index contributed by atoms with van der Waals surface area (Å²) in [5.74, 6) is 2.30. The van der Waals surface area contributed by atoms with Crippen molar-refractivity contribution in [1.29, 1.82) is 0 Å². The number of ether oxygens (including phenoxy) is 1. The van der Waals surface area contributed by atoms with Gasteiger partial charge in [0.05, 0.1) is 24.9 Å². The van der Waals surface area contributed by atoms with Crippen molar-refractivity contribution in [3.63, 3.8) is 0 Å². The van der Waals surface area contributed by atoms with Crippen molar-refractivity contribution in [1.82, 2.24) is 14.7 Å². The van der Waals surface area contributed by atoms with Crippen LogP contribution in [0.1, 0.15) is 54.2 Å². The maximum absolute atomic E-state index is 13.7. The number of hydrogen-bond donors (Lipinski definition) is 1. The standard InChI is InChI=1S/C27H30N4O2/c1-26(2)14-23(18-8-5-4-6-9-18)29-24-22(15-28-31(24)26)25(32)30-16-20-13-27(20,17-30)19-10-7-11-21(12-19)33-3/h4-12,15,20,23,29H,13-14,16-17H2,1-3H3/t20?,23-,27?/m1/s1. The molecule has 2 unspecified atom stereocenters. The highest BCUT2D eigenvalue weighted by atomic mass is 16.5. The van der Waals surface area contributed by atoms with Crippen LogP contribution in [0.5, 0.6) is 5.75 Å². The minimum Gasteiger partial charge on any atom is -0.497 e. The first kappa shape index (κ1) is 20.3. The first-order chi connectivity index (χ1) is 15.9. The van der Waals surface area contributed by atoms with Crippen LogP contribution in [0.25, 0.3) is 0 Å². The lowest BCUT2D eigenvalue weighted by Gasteiger charge is -2.38. The Labute approximate surface area is 194 Å². The van der Waals surface area contributed by atoms with Gasteiger partial charge in [0.15, 0.2) is 0 Å². The minimum atomic E-state index is -0.186. The Morgan fingerprint density at radius 1 is 1.12 bits per heavy atom. The monoisotopic (exact) mass is 442 g/mol. The minimum absolute atomic E-state index is 0.0662. The van der Waals surface area contributed by atoms with E-state index in [1.807, 2.05) is 27.8 Å². The second-order valence-corrected chi connectivity index (χ2v) is 10.4. The molecule has 2 aromatic carbocycles. The fourth-order valence-electron chi connectivity index (χ4n) is 5.98. The first-order valence-corrected chi connectivity index (χ1v) is 11.8. The van der Waals surface area contributed by atoms with Crippen LogP contribution in [-0.4, -0.2) is 40.8 Å². The van der Waals surface area contributed by atoms with Gasteiger partial charge < -0.3 is 15.0 Å². The van der Waals surface area contributed by atoms with Crippen LogP contribution in [0.4, 0.5) is 5.82 Å². The van der Waals surface area contributed by atoms with Gasteiger partial charge >= 0.3 is 0 Å². The molecule has 0 radical (unpaired) electrons. The third-order valence-corrected chi connectivity index (χ3v) is 7.87. The molecule has 1 saturated carbocycles. The number of carbonyl (C=O) groups excluding carboxylic acids is 1. The first-order valence-electron chi connectivity index (χ1n) is 11.8. The van der Waals surface area contributed by atoms with Gasteiger partial charge in [-0.25, -0.2) is 4.68 Å². The van der Waals surface area contributed by atoms with Gasteiger partial charge in [-0.2, -0.15) is 5.10 Å². The summed E-state index contributed by atoms with van der Waals surface area (Å²) in [6.07, 6.45) is 3.80. The van der Waals surface area contributed by atoms with E-state index < -0.39 is 0 Å². The van der Waals surface area contributed by atoms with Gasteiger partial charge in [0.25, 0.3) is 5.91 Å². The molecule has 1 aliphatic carbocycles. The number of methoxy groups -OCH3 is 1. The van der Waals surface area contributed by atoms with Gasteiger partial charge in [-0.3, -0.25) is 4.79 Å². The molecule has 6 rings (SSSR count). The molecule has 33 heavy (non-hydrogen) atoms. The molecule has 3 atom stereocenters. The summed E-state index contributed by atoms with van der Waals surface area (Å²) in [6.45, 7) is 5.93. The maximum Gasteiger partial charge on any atom is 0.259 e. The van der Waals surface area contributed by atoms with Crippen LogP contribution >= 0.6 is 0 Å². The van der Waals surface area contributed by atoms with Gasteiger partial charge in [0.1, 0.15) is 17.1 Å². The summed E-state index contributed by atoms with van der Waals surface area (Å²) in [4.78, 5) is 15.7. The van der Waals surface area contributed by atoms with Gasteiger partial charge in [-0.15, -0.1) is 0 Å². The molecule has 3 heterocycles. The van der Waals surface area contributed by atoms with E-state index in [1.54, 1.807) is 13.3 Å². The normalized spacial score (nSPS) is 26.8. The smallest absolute Gasteiger partial charge is 0.259 e. The third kappa shape index (κ3) is 3.15. The number of fused-ring (bicyclic) bond motifs is 2. The highest BCUT2D eigenvalue weighted by Crippen LogP contribution is 2.59. The molecule has 0 spiro atoms. The van der Waals surface area contributed by atoms with E-state index in [2.05, 4.69) is 60.7 Å². The zero-order chi connectivity index (χ0) is 22.8. The number of likely N-dealkylation sites (tertiary alicyclic amines) is 1. The fraction of sp³-hybridized carbons (Fsp3) is 0.407. The Bertz CT molecular complexity index is 1220. The number of anilines is 1. The molecule has 6 heteroatoms. The topological polar surface area (TPSA) is 59.4 Å². The van der Waals surface area contributed by atoms with Crippen molar-refractivity contribution in [3.8, 4) is 5.75 Å². The number of carbonyl (C=O) groups is 1. The Hall–Kier alpha value is -3.28. The van der Waals surface area contributed by atoms with Gasteiger partial charge in [-0.1, -0.05) is 42.5 Å². The summed E-state index contributed by atoms with van der Waals surface area (Å²) < 4.78 is 7.43. The molecule has 0 bridgehead atoms. The molecule has 2 aliphatic heterocycles. The van der Waals surface area contributed by atoms with Crippen LogP contribution in [0, 0.1) is 5.92 Å². The van der Waals surface area contributed by atoms with Crippen LogP contribution in [0.2, 0.25) is 0 Å². The van der Waals surface area contributed by atoms with Crippen LogP contribution in [-0.2, 0) is 11.0 Å². The van der Waals surface area contributed by atoms with Crippen molar-refractivity contribution < 1.29 is 9.53 Å². The van der Waals surface area contributed by atoms with E-state index >= 15 is 0 Å². The Kier molecular flexibility index (Phi) is 4.38. The lowest BCUT2D eigenvalue weighted by atomic mass is 9.89. The number of piperidine rings is 1. The summed E-state index contributed by atoms with van der Waals surface area (Å²) >= 11 is 0. The van der Waals surface area contributed by atoms with Crippen LogP contribution in [0.15, 0.2) is 60.8 Å². The largest absolute Gasteiger partial charge is 0.497 e. The van der Waals surface area contributed by atoms with E-state index in [4.69, 9.17) is 4.74 Å². The summed E-state index contributed by atoms with van der Waals surface area (Å²) in [5.41, 5.74) is 3.06. The van der Waals surface area contributed by atoms with E-state index in [-0.39, 0.29) is 22.9 Å². The molecule has 3 aliphatic rings. The number of nitrogens with one attached hydrogen (secondary N) is 1. The molecule has 2 fully saturated rings. The number of hydrogen-bond acceptors (Lipinski definition) is 4. The van der Waals surface area contributed by atoms with Gasteiger partial charge in [0.2, 0.25) is 0 Å². The zero-order valence-electron chi connectivity index (χ0n) is 19.4. The van der Waals surface area contributed by atoms with E-state index in [1.165, 1.54) is 11.1 Å². The number of aromatic nitrogens is 2. The lowest BCUT2D eigenvalue weighted by Crippen LogP contribution is -2.39. The molecular formula is C27H30N4O2. The van der Waals surface area contributed by atoms with Crippen LogP contribution < -0.4 is 10.1 Å². The highest BCUT2D eigenvalue weighted by molar-refractivity contribution is 5.99. The molecule has 170 valence electrons. The van der Waals surface area contributed by atoms with Crippen molar-refractivity contribution in [2.75, 3.05) is 25.5 Å². The van der Waals surface area contributed by atoms with Crippen molar-refractivity contribution in [2.45, 2.75) is 43.7 Å². The quantitative estimate of drug-likeness (QED) is 0.642. The average Bonchev–Trinajstić information content (AvgIpc) is 3.17. The number of amides is 1. The Balaban J connectivity index is 1.28. The highest BCUT2D eigenvalue weighted by Gasteiger charge is 2.62.